The van der Waals surface area contributed by atoms with Crippen molar-refractivity contribution in [3.63, 3.8) is 0 Å². The minimum Gasteiger partial charge on any atom is -0.496 e. The third kappa shape index (κ3) is 3.19. The van der Waals surface area contributed by atoms with E-state index in [0.29, 0.717) is 0 Å². The van der Waals surface area contributed by atoms with Gasteiger partial charge in [0, 0.05) is 37.0 Å². The Morgan fingerprint density at radius 1 is 1.32 bits per heavy atom. The first kappa shape index (κ1) is 14.2. The Hall–Kier alpha value is -1.26. The molecule has 0 aromatic heterocycles. The first-order valence-electron chi connectivity index (χ1n) is 6.94. The second-order valence-electron chi connectivity index (χ2n) is 4.86. The van der Waals surface area contributed by atoms with Gasteiger partial charge in [0.2, 0.25) is 0 Å². The molecule has 1 unspecified atom stereocenters. The maximum atomic E-state index is 5.54. The molecule has 1 N–H and O–H groups in total. The van der Waals surface area contributed by atoms with Gasteiger partial charge in [-0.3, -0.25) is 0 Å². The van der Waals surface area contributed by atoms with Gasteiger partial charge in [0.15, 0.2) is 0 Å². The van der Waals surface area contributed by atoms with E-state index in [1.165, 1.54) is 11.3 Å². The zero-order valence-electron chi connectivity index (χ0n) is 12.1. The summed E-state index contributed by atoms with van der Waals surface area (Å²) in [7, 11) is 3.71. The molecular weight excluding hydrogens is 240 g/mol. The molecule has 1 aliphatic heterocycles. The molecule has 2 rings (SSSR count). The van der Waals surface area contributed by atoms with Gasteiger partial charge in [0.25, 0.3) is 0 Å². The molecule has 0 spiro atoms. The van der Waals surface area contributed by atoms with Gasteiger partial charge >= 0.3 is 0 Å². The Kier molecular flexibility index (Phi) is 5.05. The minimum absolute atomic E-state index is 0.260. The van der Waals surface area contributed by atoms with E-state index in [0.717, 1.165) is 38.5 Å². The van der Waals surface area contributed by atoms with Crippen molar-refractivity contribution >= 4 is 5.69 Å². The number of methoxy groups -OCH3 is 1. The average molecular weight is 264 g/mol. The largest absolute Gasteiger partial charge is 0.496 e. The fourth-order valence-corrected chi connectivity index (χ4v) is 2.55. The molecule has 4 nitrogen and oxygen atoms in total. The maximum absolute atomic E-state index is 5.54. The number of benzene rings is 1. The van der Waals surface area contributed by atoms with Crippen molar-refractivity contribution in [2.75, 3.05) is 45.4 Å². The molecule has 1 fully saturated rings. The van der Waals surface area contributed by atoms with E-state index in [1.807, 2.05) is 13.1 Å². The number of nitrogens with zero attached hydrogens (tertiary/aromatic N) is 1. The number of hydrogen-bond acceptors (Lipinski definition) is 4. The monoisotopic (exact) mass is 264 g/mol. The fraction of sp³-hybridized carbons (Fsp3) is 0.600. The van der Waals surface area contributed by atoms with Crippen LogP contribution in [0.15, 0.2) is 18.2 Å². The Morgan fingerprint density at radius 2 is 2.16 bits per heavy atom. The molecule has 1 atom stereocenters. The van der Waals surface area contributed by atoms with Crippen LogP contribution in [0.2, 0.25) is 0 Å². The van der Waals surface area contributed by atoms with Crippen molar-refractivity contribution in [2.45, 2.75) is 19.4 Å². The van der Waals surface area contributed by atoms with E-state index in [2.05, 4.69) is 29.3 Å². The van der Waals surface area contributed by atoms with Crippen LogP contribution in [0.5, 0.6) is 5.75 Å². The van der Waals surface area contributed by atoms with Crippen LogP contribution in [0.1, 0.15) is 24.9 Å². The molecule has 1 heterocycles. The van der Waals surface area contributed by atoms with Crippen molar-refractivity contribution in [2.24, 2.45) is 0 Å². The van der Waals surface area contributed by atoms with Crippen LogP contribution in [0.25, 0.3) is 0 Å². The van der Waals surface area contributed by atoms with Gasteiger partial charge < -0.3 is 19.7 Å². The normalized spacial score (nSPS) is 17.9. The maximum Gasteiger partial charge on any atom is 0.125 e. The van der Waals surface area contributed by atoms with E-state index in [1.54, 1.807) is 7.11 Å². The van der Waals surface area contributed by atoms with Crippen molar-refractivity contribution in [3.8, 4) is 5.75 Å². The third-order valence-corrected chi connectivity index (χ3v) is 3.69. The van der Waals surface area contributed by atoms with E-state index in [9.17, 15) is 0 Å². The summed E-state index contributed by atoms with van der Waals surface area (Å²) in [6.45, 7) is 5.80. The smallest absolute Gasteiger partial charge is 0.125 e. The third-order valence-electron chi connectivity index (χ3n) is 3.69. The van der Waals surface area contributed by atoms with Crippen LogP contribution < -0.4 is 15.0 Å². The summed E-state index contributed by atoms with van der Waals surface area (Å²) in [6.07, 6.45) is 1.07. The quantitative estimate of drug-likeness (QED) is 0.904. The Morgan fingerprint density at radius 3 is 2.89 bits per heavy atom. The van der Waals surface area contributed by atoms with Crippen LogP contribution in [0.4, 0.5) is 5.69 Å². The minimum atomic E-state index is 0.260. The van der Waals surface area contributed by atoms with E-state index >= 15 is 0 Å². The van der Waals surface area contributed by atoms with Crippen molar-refractivity contribution in [1.82, 2.24) is 5.32 Å². The van der Waals surface area contributed by atoms with Crippen molar-refractivity contribution in [1.29, 1.82) is 0 Å². The van der Waals surface area contributed by atoms with Crippen LogP contribution in [0, 0.1) is 0 Å². The standard InChI is InChI=1S/C15H24N2O2/c1-12(16-2)15-13(6-4-7-14(15)18-3)17-8-5-10-19-11-9-17/h4,6-7,12,16H,5,8-11H2,1-3H3. The van der Waals surface area contributed by atoms with Gasteiger partial charge in [0.1, 0.15) is 5.75 Å². The highest BCUT2D eigenvalue weighted by Crippen LogP contribution is 2.34. The predicted molar refractivity (Wildman–Crippen MR) is 78.1 cm³/mol. The predicted octanol–water partition coefficient (Wildman–Crippen LogP) is 2.20. The van der Waals surface area contributed by atoms with Crippen LogP contribution >= 0.6 is 0 Å². The second kappa shape index (κ2) is 6.78. The average Bonchev–Trinajstić information content (AvgIpc) is 2.74. The molecule has 19 heavy (non-hydrogen) atoms. The first-order valence-corrected chi connectivity index (χ1v) is 6.94. The van der Waals surface area contributed by atoms with Gasteiger partial charge in [-0.15, -0.1) is 0 Å². The Labute approximate surface area is 115 Å². The van der Waals surface area contributed by atoms with Gasteiger partial charge in [0.05, 0.1) is 13.7 Å². The lowest BCUT2D eigenvalue weighted by Gasteiger charge is -2.28. The lowest BCUT2D eigenvalue weighted by Crippen LogP contribution is -2.28. The summed E-state index contributed by atoms with van der Waals surface area (Å²) < 4.78 is 11.1. The molecule has 1 aromatic carbocycles. The highest BCUT2D eigenvalue weighted by Gasteiger charge is 2.20. The number of hydrogen-bond donors (Lipinski definition) is 1. The number of anilines is 1. The summed E-state index contributed by atoms with van der Waals surface area (Å²) in [6, 6.07) is 6.53. The van der Waals surface area contributed by atoms with Crippen molar-refractivity contribution in [3.05, 3.63) is 23.8 Å². The molecule has 1 saturated heterocycles. The van der Waals surface area contributed by atoms with Crippen molar-refractivity contribution < 1.29 is 9.47 Å². The van der Waals surface area contributed by atoms with Crippen LogP contribution in [0.3, 0.4) is 0 Å². The summed E-state index contributed by atoms with van der Waals surface area (Å²) >= 11 is 0. The van der Waals surface area contributed by atoms with Gasteiger partial charge in [-0.05, 0) is 32.5 Å². The summed E-state index contributed by atoms with van der Waals surface area (Å²) in [5.41, 5.74) is 2.49. The van der Waals surface area contributed by atoms with Gasteiger partial charge in [-0.25, -0.2) is 0 Å². The Bertz CT molecular complexity index is 401. The molecular formula is C15H24N2O2. The lowest BCUT2D eigenvalue weighted by molar-refractivity contribution is 0.152. The summed E-state index contributed by atoms with van der Waals surface area (Å²) in [4.78, 5) is 2.40. The molecule has 1 aliphatic rings. The highest BCUT2D eigenvalue weighted by atomic mass is 16.5. The number of rotatable bonds is 4. The number of nitrogens with one attached hydrogen (secondary N) is 1. The lowest BCUT2D eigenvalue weighted by atomic mass is 10.0. The molecule has 0 bridgehead atoms. The molecule has 0 saturated carbocycles. The first-order chi connectivity index (χ1) is 9.27. The van der Waals surface area contributed by atoms with Gasteiger partial charge in [-0.1, -0.05) is 6.07 Å². The van der Waals surface area contributed by atoms with Crippen LogP contribution in [-0.2, 0) is 4.74 Å². The molecule has 1 aromatic rings. The highest BCUT2D eigenvalue weighted by molar-refractivity contribution is 5.61. The van der Waals surface area contributed by atoms with Crippen LogP contribution in [-0.4, -0.2) is 40.5 Å². The SMILES string of the molecule is CNC(C)c1c(OC)cccc1N1CCCOCC1. The Balaban J connectivity index is 2.37. The summed E-state index contributed by atoms with van der Waals surface area (Å²) in [5, 5.41) is 3.31. The number of ether oxygens (including phenoxy) is 2. The molecule has 0 aliphatic carbocycles. The molecule has 4 heteroatoms. The van der Waals surface area contributed by atoms with Gasteiger partial charge in [-0.2, -0.15) is 0 Å². The second-order valence-corrected chi connectivity index (χ2v) is 4.86. The zero-order valence-corrected chi connectivity index (χ0v) is 12.1. The zero-order chi connectivity index (χ0) is 13.7. The van der Waals surface area contributed by atoms with E-state index in [4.69, 9.17) is 9.47 Å². The topological polar surface area (TPSA) is 33.7 Å². The molecule has 106 valence electrons. The molecule has 0 radical (unpaired) electrons. The van der Waals surface area contributed by atoms with E-state index < -0.39 is 0 Å². The molecule has 0 amide bonds. The summed E-state index contributed by atoms with van der Waals surface area (Å²) in [5.74, 6) is 0.949. The van der Waals surface area contributed by atoms with E-state index in [-0.39, 0.29) is 6.04 Å². The fourth-order valence-electron chi connectivity index (χ4n) is 2.55.